The van der Waals surface area contributed by atoms with Crippen LogP contribution in [-0.2, 0) is 52.8 Å². The zero-order valence-corrected chi connectivity index (χ0v) is 30.0. The number of benzene rings is 3. The molecular weight excluding hydrogens is 692 g/mol. The van der Waals surface area contributed by atoms with E-state index in [9.17, 15) is 33.9 Å². The van der Waals surface area contributed by atoms with Gasteiger partial charge in [0.05, 0.1) is 20.6 Å². The number of rotatable bonds is 17. The zero-order chi connectivity index (χ0) is 39.1. The van der Waals surface area contributed by atoms with Gasteiger partial charge in [0.2, 0.25) is 11.8 Å². The average molecular weight is 737 g/mol. The van der Waals surface area contributed by atoms with E-state index < -0.39 is 66.1 Å². The highest BCUT2D eigenvalue weighted by Gasteiger charge is 2.30. The summed E-state index contributed by atoms with van der Waals surface area (Å²) in [4.78, 5) is 74.0. The summed E-state index contributed by atoms with van der Waals surface area (Å²) in [6.45, 7) is 4.84. The predicted molar refractivity (Wildman–Crippen MR) is 189 cm³/mol. The van der Waals surface area contributed by atoms with Crippen LogP contribution in [0.4, 0.5) is 9.59 Å². The number of amides is 4. The number of ether oxygens (including phenoxy) is 5. The van der Waals surface area contributed by atoms with Crippen LogP contribution in [0, 0.1) is 0 Å². The highest BCUT2D eigenvalue weighted by Crippen LogP contribution is 2.33. The molecule has 0 radical (unpaired) electrons. The molecule has 3 aromatic rings. The Balaban J connectivity index is 1.69. The Morgan fingerprint density at radius 3 is 1.94 bits per heavy atom. The number of alkyl carbamates (subject to hydrolysis) is 2. The summed E-state index contributed by atoms with van der Waals surface area (Å²) in [6, 6.07) is 16.3. The number of carboxylic acid groups (broad SMARTS) is 1. The van der Waals surface area contributed by atoms with E-state index in [2.05, 4.69) is 16.0 Å². The van der Waals surface area contributed by atoms with Crippen molar-refractivity contribution in [2.24, 2.45) is 5.73 Å². The number of methoxy groups -OCH3 is 2. The lowest BCUT2D eigenvalue weighted by atomic mass is 10.0. The van der Waals surface area contributed by atoms with Crippen LogP contribution in [0.2, 0.25) is 0 Å². The smallest absolute Gasteiger partial charge is 0.408 e. The first-order valence-corrected chi connectivity index (χ1v) is 16.4. The first kappa shape index (κ1) is 41.1. The molecule has 0 aliphatic rings. The number of hydrogen-bond acceptors (Lipinski definition) is 11. The van der Waals surface area contributed by atoms with E-state index in [0.717, 1.165) is 12.7 Å². The first-order chi connectivity index (χ1) is 25.1. The van der Waals surface area contributed by atoms with Crippen molar-refractivity contribution in [3.05, 3.63) is 89.5 Å². The summed E-state index contributed by atoms with van der Waals surface area (Å²) in [5.41, 5.74) is 6.24. The van der Waals surface area contributed by atoms with E-state index in [1.165, 1.54) is 7.11 Å². The molecule has 16 heteroatoms. The molecule has 6 N–H and O–H groups in total. The van der Waals surface area contributed by atoms with E-state index in [0.29, 0.717) is 22.6 Å². The first-order valence-electron chi connectivity index (χ1n) is 16.4. The fourth-order valence-corrected chi connectivity index (χ4v) is 4.80. The second kappa shape index (κ2) is 19.3. The van der Waals surface area contributed by atoms with Crippen molar-refractivity contribution >= 4 is 35.9 Å². The zero-order valence-electron chi connectivity index (χ0n) is 30.0. The van der Waals surface area contributed by atoms with Crippen molar-refractivity contribution < 1.29 is 57.6 Å². The maximum atomic E-state index is 13.1. The van der Waals surface area contributed by atoms with Crippen molar-refractivity contribution in [2.45, 2.75) is 70.4 Å². The molecule has 53 heavy (non-hydrogen) atoms. The van der Waals surface area contributed by atoms with Gasteiger partial charge in [-0.25, -0.2) is 19.2 Å². The maximum absolute atomic E-state index is 13.1. The van der Waals surface area contributed by atoms with Gasteiger partial charge < -0.3 is 50.5 Å². The van der Waals surface area contributed by atoms with E-state index in [1.54, 1.807) is 87.5 Å². The van der Waals surface area contributed by atoms with Gasteiger partial charge in [-0.1, -0.05) is 48.5 Å². The molecule has 0 unspecified atom stereocenters. The normalized spacial score (nSPS) is 12.5. The van der Waals surface area contributed by atoms with Gasteiger partial charge in [0, 0.05) is 12.8 Å². The lowest BCUT2D eigenvalue weighted by molar-refractivity contribution is -0.145. The Bertz CT molecular complexity index is 1740. The second-order valence-corrected chi connectivity index (χ2v) is 12.7. The fraction of sp³-hybridized carbons (Fsp3) is 0.351. The average Bonchev–Trinajstić information content (AvgIpc) is 3.09. The number of aliphatic carboxylic acids is 1. The minimum atomic E-state index is -1.42. The molecule has 16 nitrogen and oxygen atoms in total. The van der Waals surface area contributed by atoms with Crippen molar-refractivity contribution in [2.75, 3.05) is 14.2 Å². The maximum Gasteiger partial charge on any atom is 0.408 e. The number of carbonyl (C=O) groups excluding carboxylic acids is 5. The van der Waals surface area contributed by atoms with Crippen LogP contribution >= 0.6 is 0 Å². The molecule has 4 amide bonds. The quantitative estimate of drug-likeness (QED) is 0.0992. The van der Waals surface area contributed by atoms with Gasteiger partial charge in [0.15, 0.2) is 11.5 Å². The Morgan fingerprint density at radius 2 is 1.36 bits per heavy atom. The molecule has 0 aliphatic carbocycles. The van der Waals surface area contributed by atoms with Gasteiger partial charge in [0.1, 0.15) is 36.1 Å². The van der Waals surface area contributed by atoms with Gasteiger partial charge in [-0.3, -0.25) is 9.59 Å². The van der Waals surface area contributed by atoms with Crippen LogP contribution in [0.1, 0.15) is 43.9 Å². The molecule has 3 rings (SSSR count). The van der Waals surface area contributed by atoms with E-state index in [1.807, 2.05) is 6.07 Å². The number of primary amides is 1. The van der Waals surface area contributed by atoms with Gasteiger partial charge in [-0.05, 0) is 61.7 Å². The Kier molecular flexibility index (Phi) is 15.0. The molecule has 0 heterocycles. The molecule has 0 aromatic heterocycles. The second-order valence-electron chi connectivity index (χ2n) is 12.7. The highest BCUT2D eigenvalue weighted by atomic mass is 16.6. The number of carbonyl (C=O) groups is 6. The Labute approximate surface area is 306 Å². The third-order valence-electron chi connectivity index (χ3n) is 7.28. The van der Waals surface area contributed by atoms with Crippen LogP contribution in [0.15, 0.2) is 72.8 Å². The standard InChI is InChI=1S/C37H44N4O12/c1-37(2,3)53-36(48)40-26(20-31(38)42)32(43)39-28(34(46)50-5)17-22-11-14-25(15-12-22)52-30-19-24(13-16-29(30)49-4)18-27(33(44)45)41-35(47)51-21-23-9-7-6-8-10-23/h6-16,19,26-28H,17-18,20-21H2,1-5H3,(H2,38,42)(H,39,43)(H,40,48)(H,41,47)(H,44,45)/t26-,27-,28-/m0/s1. The topological polar surface area (TPSA) is 231 Å². The number of hydrogen-bond donors (Lipinski definition) is 5. The number of carboxylic acids is 1. The van der Waals surface area contributed by atoms with E-state index in [4.69, 9.17) is 29.4 Å². The van der Waals surface area contributed by atoms with Crippen molar-refractivity contribution in [1.29, 1.82) is 0 Å². The minimum Gasteiger partial charge on any atom is -0.493 e. The monoisotopic (exact) mass is 736 g/mol. The fourth-order valence-electron chi connectivity index (χ4n) is 4.80. The summed E-state index contributed by atoms with van der Waals surface area (Å²) >= 11 is 0. The van der Waals surface area contributed by atoms with Crippen molar-refractivity contribution in [3.63, 3.8) is 0 Å². The van der Waals surface area contributed by atoms with Crippen LogP contribution in [0.3, 0.4) is 0 Å². The molecular formula is C37H44N4O12. The van der Waals surface area contributed by atoms with E-state index >= 15 is 0 Å². The van der Waals surface area contributed by atoms with E-state index in [-0.39, 0.29) is 25.2 Å². The summed E-state index contributed by atoms with van der Waals surface area (Å²) < 4.78 is 26.7. The number of nitrogens with one attached hydrogen (secondary N) is 3. The van der Waals surface area contributed by atoms with Gasteiger partial charge in [0.25, 0.3) is 0 Å². The highest BCUT2D eigenvalue weighted by molar-refractivity contribution is 5.93. The Hall–Kier alpha value is -6.32. The number of nitrogens with two attached hydrogens (primary N) is 1. The molecule has 0 saturated carbocycles. The third-order valence-corrected chi connectivity index (χ3v) is 7.28. The molecule has 0 saturated heterocycles. The van der Waals surface area contributed by atoms with Crippen LogP contribution < -0.4 is 31.2 Å². The molecule has 0 spiro atoms. The molecule has 0 fully saturated rings. The van der Waals surface area contributed by atoms with Gasteiger partial charge in [-0.15, -0.1) is 0 Å². The molecule has 3 atom stereocenters. The summed E-state index contributed by atoms with van der Waals surface area (Å²) in [5.74, 6) is -2.82. The number of esters is 1. The summed E-state index contributed by atoms with van der Waals surface area (Å²) in [6.07, 6.45) is -2.52. The minimum absolute atomic E-state index is 0.0267. The Morgan fingerprint density at radius 1 is 0.736 bits per heavy atom. The lowest BCUT2D eigenvalue weighted by Gasteiger charge is -2.24. The summed E-state index contributed by atoms with van der Waals surface area (Å²) in [5, 5.41) is 17.0. The lowest BCUT2D eigenvalue weighted by Crippen LogP contribution is -2.54. The van der Waals surface area contributed by atoms with Crippen LogP contribution in [0.25, 0.3) is 0 Å². The largest absolute Gasteiger partial charge is 0.493 e. The summed E-state index contributed by atoms with van der Waals surface area (Å²) in [7, 11) is 2.58. The third kappa shape index (κ3) is 14.1. The SMILES string of the molecule is COC(=O)[C@H](Cc1ccc(Oc2cc(C[C@H](NC(=O)OCc3ccccc3)C(=O)O)ccc2OC)cc1)NC(=O)[C@H](CC(N)=O)NC(=O)OC(C)(C)C. The van der Waals surface area contributed by atoms with Crippen LogP contribution in [-0.4, -0.2) is 79.0 Å². The van der Waals surface area contributed by atoms with Crippen LogP contribution in [0.5, 0.6) is 17.2 Å². The molecule has 3 aromatic carbocycles. The molecule has 0 bridgehead atoms. The van der Waals surface area contributed by atoms with Crippen molar-refractivity contribution in [3.8, 4) is 17.2 Å². The predicted octanol–water partition coefficient (Wildman–Crippen LogP) is 3.38. The van der Waals surface area contributed by atoms with Gasteiger partial charge >= 0.3 is 24.1 Å². The molecule has 0 aliphatic heterocycles. The molecule has 284 valence electrons. The van der Waals surface area contributed by atoms with Gasteiger partial charge in [-0.2, -0.15) is 0 Å². The van der Waals surface area contributed by atoms with Crippen molar-refractivity contribution in [1.82, 2.24) is 16.0 Å².